The first kappa shape index (κ1) is 27.2. The molecule has 188 valence electrons. The van der Waals surface area contributed by atoms with Gasteiger partial charge in [-0.2, -0.15) is 0 Å². The van der Waals surface area contributed by atoms with Crippen molar-refractivity contribution in [2.45, 2.75) is 20.3 Å². The Bertz CT molecular complexity index is 1040. The van der Waals surface area contributed by atoms with Crippen molar-refractivity contribution in [3.8, 4) is 11.5 Å². The van der Waals surface area contributed by atoms with Gasteiger partial charge in [0.15, 0.2) is 18.1 Å². The Morgan fingerprint density at radius 2 is 1.43 bits per heavy atom. The van der Waals surface area contributed by atoms with E-state index in [0.717, 1.165) is 6.42 Å². The standard InChI is InChI=1S/C25H29NO9/c1-15(2)8-9-34-20-7-6-16(13-21(20)31-3)25(30)35-14-22(27)26-19-11-17(23(28)32-4)10-18(12-19)24(29)33-5/h6-7,10-13,15H,8-9,14H2,1-5H3,(H,26,27). The number of ether oxygens (including phenoxy) is 5. The van der Waals surface area contributed by atoms with E-state index in [1.807, 2.05) is 0 Å². The molecule has 0 saturated carbocycles. The Kier molecular flexibility index (Phi) is 10.1. The van der Waals surface area contributed by atoms with E-state index in [4.69, 9.17) is 14.2 Å². The van der Waals surface area contributed by atoms with Crippen LogP contribution in [0.1, 0.15) is 51.3 Å². The molecule has 0 aromatic heterocycles. The number of rotatable bonds is 11. The average Bonchev–Trinajstić information content (AvgIpc) is 2.85. The molecule has 2 rings (SSSR count). The number of benzene rings is 2. The number of carbonyl (C=O) groups excluding carboxylic acids is 4. The van der Waals surface area contributed by atoms with Crippen LogP contribution in [0.25, 0.3) is 0 Å². The summed E-state index contributed by atoms with van der Waals surface area (Å²) in [7, 11) is 3.83. The lowest BCUT2D eigenvalue weighted by molar-refractivity contribution is -0.119. The predicted octanol–water partition coefficient (Wildman–Crippen LogP) is 3.49. The van der Waals surface area contributed by atoms with Crippen molar-refractivity contribution in [1.29, 1.82) is 0 Å². The lowest BCUT2D eigenvalue weighted by Gasteiger charge is -2.13. The number of anilines is 1. The fourth-order valence-electron chi connectivity index (χ4n) is 2.90. The molecule has 0 aliphatic carbocycles. The zero-order chi connectivity index (χ0) is 26.0. The largest absolute Gasteiger partial charge is 0.493 e. The Morgan fingerprint density at radius 1 is 0.800 bits per heavy atom. The molecular weight excluding hydrogens is 458 g/mol. The Hall–Kier alpha value is -4.08. The maximum absolute atomic E-state index is 12.4. The number of methoxy groups -OCH3 is 3. The highest BCUT2D eigenvalue weighted by Gasteiger charge is 2.17. The van der Waals surface area contributed by atoms with Crippen molar-refractivity contribution in [2.75, 3.05) is 39.9 Å². The minimum atomic E-state index is -0.745. The van der Waals surface area contributed by atoms with Gasteiger partial charge in [0.05, 0.1) is 44.6 Å². The van der Waals surface area contributed by atoms with Gasteiger partial charge in [-0.15, -0.1) is 0 Å². The number of esters is 3. The van der Waals surface area contributed by atoms with E-state index in [1.54, 1.807) is 6.07 Å². The van der Waals surface area contributed by atoms with Crippen LogP contribution < -0.4 is 14.8 Å². The number of hydrogen-bond acceptors (Lipinski definition) is 9. The van der Waals surface area contributed by atoms with Gasteiger partial charge in [0.25, 0.3) is 5.91 Å². The van der Waals surface area contributed by atoms with E-state index in [9.17, 15) is 19.2 Å². The highest BCUT2D eigenvalue weighted by atomic mass is 16.5. The SMILES string of the molecule is COC(=O)c1cc(NC(=O)COC(=O)c2ccc(OCCC(C)C)c(OC)c2)cc(C(=O)OC)c1. The summed E-state index contributed by atoms with van der Waals surface area (Å²) < 4.78 is 25.4. The third kappa shape index (κ3) is 8.02. The Morgan fingerprint density at radius 3 is 1.97 bits per heavy atom. The second-order valence-electron chi connectivity index (χ2n) is 7.80. The molecule has 0 fully saturated rings. The van der Waals surface area contributed by atoms with Gasteiger partial charge in [-0.05, 0) is 48.7 Å². The molecule has 0 heterocycles. The van der Waals surface area contributed by atoms with Gasteiger partial charge < -0.3 is 29.0 Å². The average molecular weight is 488 g/mol. The highest BCUT2D eigenvalue weighted by Crippen LogP contribution is 2.28. The van der Waals surface area contributed by atoms with Crippen LogP contribution in [0, 0.1) is 5.92 Å². The van der Waals surface area contributed by atoms with Crippen molar-refractivity contribution in [3.63, 3.8) is 0 Å². The van der Waals surface area contributed by atoms with E-state index < -0.39 is 30.4 Å². The fourth-order valence-corrected chi connectivity index (χ4v) is 2.90. The summed E-state index contributed by atoms with van der Waals surface area (Å²) in [6, 6.07) is 8.49. The van der Waals surface area contributed by atoms with Crippen LogP contribution in [0.15, 0.2) is 36.4 Å². The van der Waals surface area contributed by atoms with Crippen LogP contribution in [-0.4, -0.2) is 58.4 Å². The van der Waals surface area contributed by atoms with Crippen molar-refractivity contribution in [3.05, 3.63) is 53.1 Å². The molecule has 10 nitrogen and oxygen atoms in total. The smallest absolute Gasteiger partial charge is 0.338 e. The second kappa shape index (κ2) is 13.0. The Labute approximate surface area is 203 Å². The van der Waals surface area contributed by atoms with Crippen molar-refractivity contribution in [1.82, 2.24) is 0 Å². The highest BCUT2D eigenvalue weighted by molar-refractivity contribution is 6.00. The van der Waals surface area contributed by atoms with Gasteiger partial charge in [-0.25, -0.2) is 14.4 Å². The third-order valence-corrected chi connectivity index (χ3v) is 4.75. The molecule has 2 aromatic carbocycles. The quantitative estimate of drug-likeness (QED) is 0.374. The van der Waals surface area contributed by atoms with Crippen LogP contribution >= 0.6 is 0 Å². The zero-order valence-corrected chi connectivity index (χ0v) is 20.3. The number of amides is 1. The molecule has 0 radical (unpaired) electrons. The molecule has 0 unspecified atom stereocenters. The molecule has 0 aliphatic rings. The first-order valence-electron chi connectivity index (χ1n) is 10.8. The van der Waals surface area contributed by atoms with Crippen LogP contribution in [0.3, 0.4) is 0 Å². The molecule has 0 bridgehead atoms. The molecule has 1 N–H and O–H groups in total. The van der Waals surface area contributed by atoms with Crippen molar-refractivity contribution < 1.29 is 42.9 Å². The molecule has 0 atom stereocenters. The molecule has 0 saturated heterocycles. The summed E-state index contributed by atoms with van der Waals surface area (Å²) in [5, 5.41) is 2.47. The van der Waals surface area contributed by atoms with E-state index in [0.29, 0.717) is 24.0 Å². The molecule has 10 heteroatoms. The summed E-state index contributed by atoms with van der Waals surface area (Å²) in [6.07, 6.45) is 0.867. The van der Waals surface area contributed by atoms with Crippen molar-refractivity contribution in [2.24, 2.45) is 5.92 Å². The first-order chi connectivity index (χ1) is 16.7. The monoisotopic (exact) mass is 487 g/mol. The van der Waals surface area contributed by atoms with E-state index >= 15 is 0 Å². The van der Waals surface area contributed by atoms with Crippen molar-refractivity contribution >= 4 is 29.5 Å². The molecule has 2 aromatic rings. The third-order valence-electron chi connectivity index (χ3n) is 4.75. The van der Waals surface area contributed by atoms with Gasteiger partial charge in [0.2, 0.25) is 0 Å². The summed E-state index contributed by atoms with van der Waals surface area (Å²) in [5.41, 5.74) is 0.362. The van der Waals surface area contributed by atoms with E-state index in [2.05, 4.69) is 28.6 Å². The fraction of sp³-hybridized carbons (Fsp3) is 0.360. The van der Waals surface area contributed by atoms with E-state index in [1.165, 1.54) is 51.7 Å². The van der Waals surface area contributed by atoms with Gasteiger partial charge in [-0.3, -0.25) is 4.79 Å². The minimum Gasteiger partial charge on any atom is -0.493 e. The summed E-state index contributed by atoms with van der Waals surface area (Å²) >= 11 is 0. The van der Waals surface area contributed by atoms with Crippen LogP contribution in [0.2, 0.25) is 0 Å². The zero-order valence-electron chi connectivity index (χ0n) is 20.3. The topological polar surface area (TPSA) is 126 Å². The maximum Gasteiger partial charge on any atom is 0.338 e. The van der Waals surface area contributed by atoms with Gasteiger partial charge >= 0.3 is 17.9 Å². The molecule has 0 spiro atoms. The minimum absolute atomic E-state index is 0.0329. The van der Waals surface area contributed by atoms with E-state index in [-0.39, 0.29) is 22.4 Å². The molecular formula is C25H29NO9. The first-order valence-corrected chi connectivity index (χ1v) is 10.8. The van der Waals surface area contributed by atoms with Crippen LogP contribution in [0.4, 0.5) is 5.69 Å². The molecule has 1 amide bonds. The maximum atomic E-state index is 12.4. The van der Waals surface area contributed by atoms with Gasteiger partial charge in [0, 0.05) is 5.69 Å². The molecule has 0 aliphatic heterocycles. The lowest BCUT2D eigenvalue weighted by atomic mass is 10.1. The van der Waals surface area contributed by atoms with Gasteiger partial charge in [0.1, 0.15) is 0 Å². The summed E-state index contributed by atoms with van der Waals surface area (Å²) in [6.45, 7) is 4.07. The predicted molar refractivity (Wildman–Crippen MR) is 126 cm³/mol. The number of carbonyl (C=O) groups is 4. The second-order valence-corrected chi connectivity index (χ2v) is 7.80. The van der Waals surface area contributed by atoms with Crippen LogP contribution in [-0.2, 0) is 19.0 Å². The summed E-state index contributed by atoms with van der Waals surface area (Å²) in [5.74, 6) is -1.50. The summed E-state index contributed by atoms with van der Waals surface area (Å²) in [4.78, 5) is 48.5. The number of hydrogen-bond donors (Lipinski definition) is 1. The molecule has 35 heavy (non-hydrogen) atoms. The lowest BCUT2D eigenvalue weighted by Crippen LogP contribution is -2.21. The number of nitrogens with one attached hydrogen (secondary N) is 1. The normalized spacial score (nSPS) is 10.3. The van der Waals surface area contributed by atoms with Crippen LogP contribution in [0.5, 0.6) is 11.5 Å². The Balaban J connectivity index is 2.04. The van der Waals surface area contributed by atoms with Gasteiger partial charge in [-0.1, -0.05) is 13.8 Å².